The van der Waals surface area contributed by atoms with Crippen molar-refractivity contribution in [3.63, 3.8) is 0 Å². The van der Waals surface area contributed by atoms with Gasteiger partial charge in [-0.2, -0.15) is 10.1 Å². The Hall–Kier alpha value is -5.34. The van der Waals surface area contributed by atoms with Gasteiger partial charge in [0.2, 0.25) is 11.9 Å². The molecule has 1 saturated heterocycles. The second-order valence-electron chi connectivity index (χ2n) is 10.2. The van der Waals surface area contributed by atoms with Crippen molar-refractivity contribution in [2.75, 3.05) is 49.1 Å². The van der Waals surface area contributed by atoms with E-state index in [-0.39, 0.29) is 17.8 Å². The number of aryl methyl sites for hydroxylation is 1. The average molecular weight is 585 g/mol. The summed E-state index contributed by atoms with van der Waals surface area (Å²) >= 11 is 0. The number of unbranched alkanes of at least 4 members (excludes halogenated alkanes) is 1. The Kier molecular flexibility index (Phi) is 7.68. The van der Waals surface area contributed by atoms with Crippen LogP contribution in [-0.4, -0.2) is 84.1 Å². The minimum atomic E-state index is -0.235. The predicted octanol–water partition coefficient (Wildman–Crippen LogP) is 1.86. The molecule has 4 aromatic heterocycles. The second kappa shape index (κ2) is 11.9. The van der Waals surface area contributed by atoms with Crippen molar-refractivity contribution >= 4 is 51.7 Å². The molecule has 0 saturated carbocycles. The third-order valence-corrected chi connectivity index (χ3v) is 7.44. The maximum atomic E-state index is 12.7. The molecule has 0 radical (unpaired) electrons. The summed E-state index contributed by atoms with van der Waals surface area (Å²) in [6.07, 6.45) is 6.45. The van der Waals surface area contributed by atoms with Gasteiger partial charge in [-0.15, -0.1) is 0 Å². The Labute approximate surface area is 246 Å². The molecule has 1 fully saturated rings. The number of nitrogens with two attached hydrogens (primary N) is 2. The molecule has 15 nitrogen and oxygen atoms in total. The van der Waals surface area contributed by atoms with Crippen molar-refractivity contribution in [2.24, 2.45) is 0 Å². The normalized spacial score (nSPS) is 13.6. The summed E-state index contributed by atoms with van der Waals surface area (Å²) in [7, 11) is 0. The lowest BCUT2D eigenvalue weighted by atomic mass is 10.1. The third kappa shape index (κ3) is 5.73. The van der Waals surface area contributed by atoms with Gasteiger partial charge in [-0.05, 0) is 31.0 Å². The highest BCUT2D eigenvalue weighted by molar-refractivity contribution is 5.99. The molecule has 1 aliphatic heterocycles. The Balaban J connectivity index is 1.03. The van der Waals surface area contributed by atoms with Crippen molar-refractivity contribution in [3.8, 4) is 11.3 Å². The summed E-state index contributed by atoms with van der Waals surface area (Å²) < 4.78 is 7.18. The molecule has 5 N–H and O–H groups in total. The van der Waals surface area contributed by atoms with E-state index in [2.05, 4.69) is 30.2 Å². The van der Waals surface area contributed by atoms with E-state index in [1.54, 1.807) is 10.7 Å². The van der Waals surface area contributed by atoms with Gasteiger partial charge in [0, 0.05) is 63.6 Å². The van der Waals surface area contributed by atoms with Crippen molar-refractivity contribution in [1.82, 2.24) is 44.9 Å². The first kappa shape index (κ1) is 27.8. The van der Waals surface area contributed by atoms with Crippen LogP contribution in [0.1, 0.15) is 36.5 Å². The number of nitrogens with zero attached hydrogens (tertiary/aromatic N) is 9. The van der Waals surface area contributed by atoms with E-state index >= 15 is 0 Å². The zero-order chi connectivity index (χ0) is 29.9. The Bertz CT molecular complexity index is 1770. The molecule has 2 amide bonds. The summed E-state index contributed by atoms with van der Waals surface area (Å²) in [5, 5.41) is 8.38. The van der Waals surface area contributed by atoms with Gasteiger partial charge in [0.25, 0.3) is 11.9 Å². The molecule has 0 spiro atoms. The van der Waals surface area contributed by atoms with Crippen LogP contribution in [0.2, 0.25) is 0 Å². The van der Waals surface area contributed by atoms with Gasteiger partial charge in [0.1, 0.15) is 23.4 Å². The minimum Gasteiger partial charge on any atom is -0.424 e. The zero-order valence-corrected chi connectivity index (χ0v) is 23.7. The number of carbonyl (C=O) groups is 2. The second-order valence-corrected chi connectivity index (χ2v) is 10.2. The molecule has 6 rings (SSSR count). The van der Waals surface area contributed by atoms with E-state index in [0.717, 1.165) is 12.0 Å². The average Bonchev–Trinajstić information content (AvgIpc) is 3.60. The number of fused-ring (bicyclic) bond motifs is 2. The first-order valence-corrected chi connectivity index (χ1v) is 14.2. The summed E-state index contributed by atoms with van der Waals surface area (Å²) in [4.78, 5) is 50.0. The quantitative estimate of drug-likeness (QED) is 0.213. The molecule has 0 aliphatic carbocycles. The van der Waals surface area contributed by atoms with Gasteiger partial charge < -0.3 is 31.0 Å². The molecule has 222 valence electrons. The van der Waals surface area contributed by atoms with Gasteiger partial charge in [-0.1, -0.05) is 6.92 Å². The van der Waals surface area contributed by atoms with Crippen LogP contribution in [0.15, 0.2) is 41.3 Å². The summed E-state index contributed by atoms with van der Waals surface area (Å²) in [6, 6.07) is 5.60. The zero-order valence-electron chi connectivity index (χ0n) is 23.7. The third-order valence-electron chi connectivity index (χ3n) is 7.44. The van der Waals surface area contributed by atoms with Crippen LogP contribution in [0, 0.1) is 0 Å². The van der Waals surface area contributed by atoms with Gasteiger partial charge in [0.05, 0.1) is 10.9 Å². The van der Waals surface area contributed by atoms with Crippen LogP contribution >= 0.6 is 0 Å². The van der Waals surface area contributed by atoms with Gasteiger partial charge in [0.15, 0.2) is 11.2 Å². The number of anilines is 3. The molecule has 0 atom stereocenters. The number of hydrogen-bond donors (Lipinski definition) is 3. The summed E-state index contributed by atoms with van der Waals surface area (Å²) in [5.74, 6) is 0.809. The van der Waals surface area contributed by atoms with Crippen LogP contribution in [0.3, 0.4) is 0 Å². The van der Waals surface area contributed by atoms with Crippen molar-refractivity contribution < 1.29 is 14.0 Å². The molecular formula is C28H32N12O3. The topological polar surface area (TPSA) is 200 Å². The molecule has 1 aliphatic rings. The monoisotopic (exact) mass is 584 g/mol. The van der Waals surface area contributed by atoms with Crippen LogP contribution in [0.25, 0.3) is 33.4 Å². The molecule has 5 heterocycles. The molecule has 0 unspecified atom stereocenters. The fourth-order valence-corrected chi connectivity index (χ4v) is 5.15. The maximum absolute atomic E-state index is 12.7. The SMILES string of the molecule is CCC(=O)N1CCN(c2ncc(C(=O)NCCCCn3nc(-c4ccc5oc(N)nc5c4)c4c(N)ncnc43)cn2)CC1. The lowest BCUT2D eigenvalue weighted by Crippen LogP contribution is -2.49. The Morgan fingerprint density at radius 2 is 1.81 bits per heavy atom. The van der Waals surface area contributed by atoms with Crippen molar-refractivity contribution in [2.45, 2.75) is 32.7 Å². The molecule has 5 aromatic rings. The van der Waals surface area contributed by atoms with E-state index in [1.807, 2.05) is 28.9 Å². The molecule has 15 heteroatoms. The maximum Gasteiger partial charge on any atom is 0.292 e. The first-order chi connectivity index (χ1) is 20.9. The molecule has 0 bridgehead atoms. The van der Waals surface area contributed by atoms with E-state index in [0.29, 0.717) is 97.3 Å². The lowest BCUT2D eigenvalue weighted by Gasteiger charge is -2.34. The fraction of sp³-hybridized carbons (Fsp3) is 0.357. The van der Waals surface area contributed by atoms with Crippen molar-refractivity contribution in [3.05, 3.63) is 42.5 Å². The first-order valence-electron chi connectivity index (χ1n) is 14.2. The molecular weight excluding hydrogens is 552 g/mol. The largest absolute Gasteiger partial charge is 0.424 e. The highest BCUT2D eigenvalue weighted by atomic mass is 16.4. The Morgan fingerprint density at radius 1 is 1.02 bits per heavy atom. The van der Waals surface area contributed by atoms with Crippen LogP contribution < -0.4 is 21.7 Å². The molecule has 1 aromatic carbocycles. The molecule has 43 heavy (non-hydrogen) atoms. The van der Waals surface area contributed by atoms with Crippen LogP contribution in [0.5, 0.6) is 0 Å². The minimum absolute atomic E-state index is 0.0955. The van der Waals surface area contributed by atoms with Gasteiger partial charge >= 0.3 is 0 Å². The number of piperazine rings is 1. The van der Waals surface area contributed by atoms with Gasteiger partial charge in [-0.25, -0.2) is 24.6 Å². The smallest absolute Gasteiger partial charge is 0.292 e. The number of rotatable bonds is 9. The number of hydrogen-bond acceptors (Lipinski definition) is 12. The number of amides is 2. The number of oxazole rings is 1. The van der Waals surface area contributed by atoms with E-state index in [9.17, 15) is 9.59 Å². The van der Waals surface area contributed by atoms with E-state index in [4.69, 9.17) is 21.0 Å². The predicted molar refractivity (Wildman–Crippen MR) is 160 cm³/mol. The number of nitrogens with one attached hydrogen (secondary N) is 1. The van der Waals surface area contributed by atoms with Crippen LogP contribution in [-0.2, 0) is 11.3 Å². The Morgan fingerprint density at radius 3 is 2.58 bits per heavy atom. The van der Waals surface area contributed by atoms with Gasteiger partial charge in [-0.3, -0.25) is 9.59 Å². The van der Waals surface area contributed by atoms with E-state index < -0.39 is 0 Å². The number of aromatic nitrogens is 7. The lowest BCUT2D eigenvalue weighted by molar-refractivity contribution is -0.131. The van der Waals surface area contributed by atoms with Crippen LogP contribution in [0.4, 0.5) is 17.8 Å². The fourth-order valence-electron chi connectivity index (χ4n) is 5.15. The standard InChI is InChI=1S/C28H32N12O3/c1-2-21(41)38-9-11-39(12-10-38)28-32-14-18(15-33-28)26(42)31-7-3-4-8-40-25-22(24(29)34-16-35-25)23(37-40)17-5-6-20-19(13-17)36-27(30)43-20/h5-6,13-16H,2-4,7-12H2,1H3,(H2,30,36)(H,31,42)(H2,29,34,35). The van der Waals surface area contributed by atoms with E-state index in [1.165, 1.54) is 18.7 Å². The number of nitrogen functional groups attached to an aromatic ring is 2. The van der Waals surface area contributed by atoms with Crippen molar-refractivity contribution in [1.29, 1.82) is 0 Å². The summed E-state index contributed by atoms with van der Waals surface area (Å²) in [5.41, 5.74) is 15.6. The number of carbonyl (C=O) groups excluding carboxylic acids is 2. The highest BCUT2D eigenvalue weighted by Crippen LogP contribution is 2.32. The highest BCUT2D eigenvalue weighted by Gasteiger charge is 2.22. The summed E-state index contributed by atoms with van der Waals surface area (Å²) in [6.45, 7) is 5.51. The number of benzene rings is 1.